The Hall–Kier alpha value is -3.48. The molecular formula is C22H25N5O2. The maximum atomic E-state index is 5.44. The molecule has 0 saturated carbocycles. The average Bonchev–Trinajstić information content (AvgIpc) is 3.44. The van der Waals surface area contributed by atoms with Crippen LogP contribution in [0.5, 0.6) is 11.5 Å². The standard InChI is InChI=1S/C22H25N5O2/c1-2-23-22(24-11-9-17-7-8-20-21(14-17)29-16-28-20)25-15-18-5-3-6-19(13-18)27-12-4-10-26-27/h3-8,10,12-14H,2,9,11,15-16H2,1H3,(H2,23,24,25). The van der Waals surface area contributed by atoms with Gasteiger partial charge in [-0.15, -0.1) is 0 Å². The second-order valence-corrected chi connectivity index (χ2v) is 6.68. The summed E-state index contributed by atoms with van der Waals surface area (Å²) in [7, 11) is 0. The molecule has 7 nitrogen and oxygen atoms in total. The largest absolute Gasteiger partial charge is 0.454 e. The number of guanidine groups is 1. The molecule has 2 heterocycles. The lowest BCUT2D eigenvalue weighted by molar-refractivity contribution is 0.174. The molecule has 150 valence electrons. The number of ether oxygens (including phenoxy) is 2. The molecule has 0 aliphatic carbocycles. The molecule has 1 aliphatic rings. The number of nitrogens with zero attached hydrogens (tertiary/aromatic N) is 3. The van der Waals surface area contributed by atoms with E-state index >= 15 is 0 Å². The Labute approximate surface area is 170 Å². The van der Waals surface area contributed by atoms with Crippen molar-refractivity contribution in [3.63, 3.8) is 0 Å². The number of fused-ring (bicyclic) bond motifs is 1. The van der Waals surface area contributed by atoms with E-state index in [2.05, 4.69) is 40.9 Å². The Morgan fingerprint density at radius 2 is 2.00 bits per heavy atom. The molecule has 0 fully saturated rings. The van der Waals surface area contributed by atoms with E-state index in [0.717, 1.165) is 48.2 Å². The van der Waals surface area contributed by atoms with Gasteiger partial charge >= 0.3 is 0 Å². The predicted molar refractivity (Wildman–Crippen MR) is 113 cm³/mol. The Morgan fingerprint density at radius 1 is 1.07 bits per heavy atom. The van der Waals surface area contributed by atoms with Crippen molar-refractivity contribution in [2.75, 3.05) is 19.9 Å². The minimum atomic E-state index is 0.301. The lowest BCUT2D eigenvalue weighted by Crippen LogP contribution is -2.38. The summed E-state index contributed by atoms with van der Waals surface area (Å²) in [5.74, 6) is 2.44. The number of hydrogen-bond donors (Lipinski definition) is 2. The molecule has 0 unspecified atom stereocenters. The van der Waals surface area contributed by atoms with Crippen LogP contribution in [0.15, 0.2) is 65.9 Å². The minimum absolute atomic E-state index is 0.301. The van der Waals surface area contributed by atoms with Crippen LogP contribution in [0.2, 0.25) is 0 Å². The van der Waals surface area contributed by atoms with E-state index in [4.69, 9.17) is 14.5 Å². The zero-order chi connectivity index (χ0) is 19.9. The van der Waals surface area contributed by atoms with E-state index in [-0.39, 0.29) is 0 Å². The summed E-state index contributed by atoms with van der Waals surface area (Å²) in [6, 6.07) is 16.2. The minimum Gasteiger partial charge on any atom is -0.454 e. The highest BCUT2D eigenvalue weighted by Gasteiger charge is 2.12. The van der Waals surface area contributed by atoms with Crippen molar-refractivity contribution in [3.05, 3.63) is 72.1 Å². The van der Waals surface area contributed by atoms with Gasteiger partial charge in [-0.25, -0.2) is 9.67 Å². The third-order valence-electron chi connectivity index (χ3n) is 4.59. The number of aliphatic imine (C=N–C) groups is 1. The van der Waals surface area contributed by atoms with Gasteiger partial charge in [-0.2, -0.15) is 5.10 Å². The number of aromatic nitrogens is 2. The van der Waals surface area contributed by atoms with Gasteiger partial charge in [0.05, 0.1) is 12.2 Å². The summed E-state index contributed by atoms with van der Waals surface area (Å²) in [4.78, 5) is 4.72. The van der Waals surface area contributed by atoms with E-state index < -0.39 is 0 Å². The van der Waals surface area contributed by atoms with Crippen LogP contribution < -0.4 is 20.1 Å². The number of rotatable bonds is 7. The highest BCUT2D eigenvalue weighted by atomic mass is 16.7. The van der Waals surface area contributed by atoms with Crippen LogP contribution in [0.25, 0.3) is 5.69 Å². The second kappa shape index (κ2) is 9.14. The number of benzene rings is 2. The van der Waals surface area contributed by atoms with E-state index in [0.29, 0.717) is 13.3 Å². The van der Waals surface area contributed by atoms with E-state index in [9.17, 15) is 0 Å². The molecule has 1 aromatic heterocycles. The van der Waals surface area contributed by atoms with Crippen LogP contribution in [0.1, 0.15) is 18.1 Å². The molecular weight excluding hydrogens is 366 g/mol. The van der Waals surface area contributed by atoms with Crippen LogP contribution in [-0.2, 0) is 13.0 Å². The van der Waals surface area contributed by atoms with Gasteiger partial charge in [-0.3, -0.25) is 0 Å². The Balaban J connectivity index is 1.35. The number of nitrogens with one attached hydrogen (secondary N) is 2. The molecule has 1 aliphatic heterocycles. The predicted octanol–water partition coefficient (Wildman–Crippen LogP) is 2.90. The van der Waals surface area contributed by atoms with Crippen molar-refractivity contribution >= 4 is 5.96 Å². The fraction of sp³-hybridized carbons (Fsp3) is 0.273. The van der Waals surface area contributed by atoms with Gasteiger partial charge in [0.15, 0.2) is 17.5 Å². The average molecular weight is 391 g/mol. The van der Waals surface area contributed by atoms with Gasteiger partial charge in [-0.1, -0.05) is 18.2 Å². The molecule has 0 atom stereocenters. The van der Waals surface area contributed by atoms with Gasteiger partial charge in [0, 0.05) is 25.5 Å². The van der Waals surface area contributed by atoms with Crippen molar-refractivity contribution in [1.29, 1.82) is 0 Å². The van der Waals surface area contributed by atoms with Crippen molar-refractivity contribution < 1.29 is 9.47 Å². The number of hydrogen-bond acceptors (Lipinski definition) is 4. The highest BCUT2D eigenvalue weighted by Crippen LogP contribution is 2.32. The highest BCUT2D eigenvalue weighted by molar-refractivity contribution is 5.79. The summed E-state index contributed by atoms with van der Waals surface area (Å²) in [6.07, 6.45) is 4.58. The van der Waals surface area contributed by atoms with Gasteiger partial charge < -0.3 is 20.1 Å². The topological polar surface area (TPSA) is 72.7 Å². The van der Waals surface area contributed by atoms with Gasteiger partial charge in [0.25, 0.3) is 0 Å². The van der Waals surface area contributed by atoms with Crippen LogP contribution in [-0.4, -0.2) is 35.6 Å². The molecule has 0 bridgehead atoms. The van der Waals surface area contributed by atoms with Crippen LogP contribution in [0.4, 0.5) is 0 Å². The molecule has 2 N–H and O–H groups in total. The monoisotopic (exact) mass is 391 g/mol. The summed E-state index contributed by atoms with van der Waals surface area (Å²) in [6.45, 7) is 4.54. The Morgan fingerprint density at radius 3 is 2.86 bits per heavy atom. The van der Waals surface area contributed by atoms with Crippen molar-refractivity contribution in [1.82, 2.24) is 20.4 Å². The molecule has 4 rings (SSSR count). The van der Waals surface area contributed by atoms with Gasteiger partial charge in [-0.05, 0) is 54.8 Å². The maximum Gasteiger partial charge on any atom is 0.231 e. The Kier molecular flexibility index (Phi) is 5.95. The smallest absolute Gasteiger partial charge is 0.231 e. The van der Waals surface area contributed by atoms with Crippen molar-refractivity contribution in [3.8, 4) is 17.2 Å². The van der Waals surface area contributed by atoms with Crippen molar-refractivity contribution in [2.24, 2.45) is 4.99 Å². The molecule has 0 saturated heterocycles. The molecule has 7 heteroatoms. The molecule has 0 radical (unpaired) electrons. The zero-order valence-corrected chi connectivity index (χ0v) is 16.5. The summed E-state index contributed by atoms with van der Waals surface area (Å²) in [5, 5.41) is 11.0. The van der Waals surface area contributed by atoms with E-state index in [1.165, 1.54) is 5.56 Å². The SMILES string of the molecule is CCNC(=NCc1cccc(-n2cccn2)c1)NCCc1ccc2c(c1)OCO2. The second-order valence-electron chi connectivity index (χ2n) is 6.68. The van der Waals surface area contributed by atoms with E-state index in [1.807, 2.05) is 41.2 Å². The summed E-state index contributed by atoms with van der Waals surface area (Å²) < 4.78 is 12.7. The molecule has 2 aromatic carbocycles. The normalized spacial score (nSPS) is 12.8. The van der Waals surface area contributed by atoms with Gasteiger partial charge in [0.2, 0.25) is 6.79 Å². The van der Waals surface area contributed by atoms with Crippen LogP contribution >= 0.6 is 0 Å². The Bertz CT molecular complexity index is 969. The molecule has 3 aromatic rings. The molecule has 29 heavy (non-hydrogen) atoms. The molecule has 0 spiro atoms. The third kappa shape index (κ3) is 4.87. The van der Waals surface area contributed by atoms with Gasteiger partial charge in [0.1, 0.15) is 0 Å². The summed E-state index contributed by atoms with van der Waals surface area (Å²) in [5.41, 5.74) is 3.36. The first-order chi connectivity index (χ1) is 14.3. The summed E-state index contributed by atoms with van der Waals surface area (Å²) >= 11 is 0. The van der Waals surface area contributed by atoms with Crippen LogP contribution in [0.3, 0.4) is 0 Å². The van der Waals surface area contributed by atoms with E-state index in [1.54, 1.807) is 6.20 Å². The lowest BCUT2D eigenvalue weighted by Gasteiger charge is -2.12. The maximum absolute atomic E-state index is 5.44. The first kappa shape index (κ1) is 18.9. The molecule has 0 amide bonds. The quantitative estimate of drug-likeness (QED) is 0.479. The zero-order valence-electron chi connectivity index (χ0n) is 16.5. The fourth-order valence-electron chi connectivity index (χ4n) is 3.15. The lowest BCUT2D eigenvalue weighted by atomic mass is 10.1. The first-order valence-corrected chi connectivity index (χ1v) is 9.81. The van der Waals surface area contributed by atoms with Crippen LogP contribution in [0, 0.1) is 0 Å². The van der Waals surface area contributed by atoms with Crippen molar-refractivity contribution in [2.45, 2.75) is 19.9 Å². The first-order valence-electron chi connectivity index (χ1n) is 9.81. The third-order valence-corrected chi connectivity index (χ3v) is 4.59. The fourth-order valence-corrected chi connectivity index (χ4v) is 3.15.